The number of nitrogens with one attached hydrogen (secondary N) is 1. The molecule has 0 radical (unpaired) electrons. The van der Waals surface area contributed by atoms with E-state index in [-0.39, 0.29) is 5.91 Å². The maximum Gasteiger partial charge on any atom is 0.254 e. The Morgan fingerprint density at radius 3 is 2.61 bits per heavy atom. The quantitative estimate of drug-likeness (QED) is 0.889. The Kier molecular flexibility index (Phi) is 3.55. The smallest absolute Gasteiger partial charge is 0.254 e. The standard InChI is InChI=1S/C14H21N3O/c1-9(2)12-7-10(8-13(15-3)16-12)14(18)17(4)11-5-6-11/h7-9,11H,5-6H2,1-4H3,(H,15,16). The first-order valence-corrected chi connectivity index (χ1v) is 6.49. The van der Waals surface area contributed by atoms with Crippen LogP contribution in [0.15, 0.2) is 12.1 Å². The molecule has 98 valence electrons. The van der Waals surface area contributed by atoms with Gasteiger partial charge in [-0.05, 0) is 30.9 Å². The molecular formula is C14H21N3O. The van der Waals surface area contributed by atoms with E-state index in [0.29, 0.717) is 12.0 Å². The van der Waals surface area contributed by atoms with Gasteiger partial charge < -0.3 is 10.2 Å². The van der Waals surface area contributed by atoms with Gasteiger partial charge >= 0.3 is 0 Å². The highest BCUT2D eigenvalue weighted by Gasteiger charge is 2.30. The van der Waals surface area contributed by atoms with Crippen molar-refractivity contribution in [2.45, 2.75) is 38.6 Å². The van der Waals surface area contributed by atoms with Gasteiger partial charge in [0, 0.05) is 31.4 Å². The molecule has 0 aliphatic heterocycles. The average Bonchev–Trinajstić information content (AvgIpc) is 3.20. The number of amides is 1. The molecule has 1 aromatic heterocycles. The number of carbonyl (C=O) groups excluding carboxylic acids is 1. The Labute approximate surface area is 108 Å². The highest BCUT2D eigenvalue weighted by atomic mass is 16.2. The van der Waals surface area contributed by atoms with Gasteiger partial charge in [0.1, 0.15) is 5.82 Å². The number of hydrogen-bond donors (Lipinski definition) is 1. The molecule has 0 unspecified atom stereocenters. The highest BCUT2D eigenvalue weighted by molar-refractivity contribution is 5.95. The molecular weight excluding hydrogens is 226 g/mol. The van der Waals surface area contributed by atoms with Gasteiger partial charge in [0.05, 0.1) is 0 Å². The summed E-state index contributed by atoms with van der Waals surface area (Å²) in [5.74, 6) is 1.17. The maximum atomic E-state index is 12.3. The monoisotopic (exact) mass is 247 g/mol. The van der Waals surface area contributed by atoms with Crippen molar-refractivity contribution in [2.75, 3.05) is 19.4 Å². The minimum atomic E-state index is 0.0956. The predicted molar refractivity (Wildman–Crippen MR) is 73.0 cm³/mol. The Hall–Kier alpha value is -1.58. The molecule has 2 rings (SSSR count). The molecule has 1 aliphatic carbocycles. The largest absolute Gasteiger partial charge is 0.373 e. The van der Waals surface area contributed by atoms with E-state index in [4.69, 9.17) is 0 Å². The fraction of sp³-hybridized carbons (Fsp3) is 0.571. The van der Waals surface area contributed by atoms with E-state index in [1.54, 1.807) is 0 Å². The van der Waals surface area contributed by atoms with Crippen LogP contribution in [-0.4, -0.2) is 35.9 Å². The second-order valence-corrected chi connectivity index (χ2v) is 5.22. The van der Waals surface area contributed by atoms with Gasteiger partial charge in [-0.15, -0.1) is 0 Å². The van der Waals surface area contributed by atoms with Gasteiger partial charge in [-0.25, -0.2) is 4.98 Å². The van der Waals surface area contributed by atoms with E-state index >= 15 is 0 Å². The molecule has 4 heteroatoms. The third-order valence-corrected chi connectivity index (χ3v) is 3.35. The van der Waals surface area contributed by atoms with Crippen molar-refractivity contribution in [1.82, 2.24) is 9.88 Å². The molecule has 1 aliphatic rings. The van der Waals surface area contributed by atoms with Crippen LogP contribution in [-0.2, 0) is 0 Å². The topological polar surface area (TPSA) is 45.2 Å². The molecule has 1 N–H and O–H groups in total. The Morgan fingerprint density at radius 2 is 2.11 bits per heavy atom. The lowest BCUT2D eigenvalue weighted by molar-refractivity contribution is 0.0785. The summed E-state index contributed by atoms with van der Waals surface area (Å²) in [5, 5.41) is 3.02. The SMILES string of the molecule is CNc1cc(C(=O)N(C)C2CC2)cc(C(C)C)n1. The fourth-order valence-electron chi connectivity index (χ4n) is 1.93. The van der Waals surface area contributed by atoms with Gasteiger partial charge in [-0.2, -0.15) is 0 Å². The van der Waals surface area contributed by atoms with E-state index in [2.05, 4.69) is 24.1 Å². The molecule has 1 amide bonds. The molecule has 0 saturated heterocycles. The molecule has 0 bridgehead atoms. The normalized spacial score (nSPS) is 14.7. The van der Waals surface area contributed by atoms with E-state index in [0.717, 1.165) is 29.9 Å². The lowest BCUT2D eigenvalue weighted by Crippen LogP contribution is -2.29. The zero-order valence-electron chi connectivity index (χ0n) is 11.5. The number of rotatable bonds is 4. The summed E-state index contributed by atoms with van der Waals surface area (Å²) in [6.45, 7) is 4.17. The van der Waals surface area contributed by atoms with Crippen LogP contribution in [0.1, 0.15) is 48.7 Å². The van der Waals surface area contributed by atoms with Gasteiger partial charge in [0.15, 0.2) is 0 Å². The van der Waals surface area contributed by atoms with Crippen molar-refractivity contribution >= 4 is 11.7 Å². The van der Waals surface area contributed by atoms with E-state index < -0.39 is 0 Å². The molecule has 0 atom stereocenters. The Balaban J connectivity index is 2.30. The third-order valence-electron chi connectivity index (χ3n) is 3.35. The second kappa shape index (κ2) is 4.96. The van der Waals surface area contributed by atoms with E-state index in [1.807, 2.05) is 31.1 Å². The second-order valence-electron chi connectivity index (χ2n) is 5.22. The summed E-state index contributed by atoms with van der Waals surface area (Å²) in [6, 6.07) is 4.17. The summed E-state index contributed by atoms with van der Waals surface area (Å²) in [7, 11) is 3.71. The Bertz CT molecular complexity index is 452. The van der Waals surface area contributed by atoms with Gasteiger partial charge in [-0.1, -0.05) is 13.8 Å². The fourth-order valence-corrected chi connectivity index (χ4v) is 1.93. The van der Waals surface area contributed by atoms with Crippen LogP contribution in [0.5, 0.6) is 0 Å². The molecule has 18 heavy (non-hydrogen) atoms. The molecule has 4 nitrogen and oxygen atoms in total. The lowest BCUT2D eigenvalue weighted by atomic mass is 10.1. The van der Waals surface area contributed by atoms with Crippen LogP contribution in [0.4, 0.5) is 5.82 Å². The average molecular weight is 247 g/mol. The van der Waals surface area contributed by atoms with Gasteiger partial charge in [0.2, 0.25) is 0 Å². The van der Waals surface area contributed by atoms with Crippen LogP contribution in [0.3, 0.4) is 0 Å². The van der Waals surface area contributed by atoms with Crippen molar-refractivity contribution in [3.63, 3.8) is 0 Å². The van der Waals surface area contributed by atoms with Crippen LogP contribution in [0.25, 0.3) is 0 Å². The highest BCUT2D eigenvalue weighted by Crippen LogP contribution is 2.27. The van der Waals surface area contributed by atoms with Crippen LogP contribution < -0.4 is 5.32 Å². The molecule has 1 saturated carbocycles. The molecule has 0 spiro atoms. The van der Waals surface area contributed by atoms with Crippen molar-refractivity contribution in [3.8, 4) is 0 Å². The molecule has 1 aromatic rings. The summed E-state index contributed by atoms with van der Waals surface area (Å²) >= 11 is 0. The van der Waals surface area contributed by atoms with Crippen LogP contribution >= 0.6 is 0 Å². The number of aromatic nitrogens is 1. The van der Waals surface area contributed by atoms with Crippen molar-refractivity contribution < 1.29 is 4.79 Å². The first-order chi connectivity index (χ1) is 8.52. The number of nitrogens with zero attached hydrogens (tertiary/aromatic N) is 2. The lowest BCUT2D eigenvalue weighted by Gasteiger charge is -2.18. The summed E-state index contributed by atoms with van der Waals surface area (Å²) in [4.78, 5) is 18.7. The van der Waals surface area contributed by atoms with Crippen molar-refractivity contribution in [1.29, 1.82) is 0 Å². The van der Waals surface area contributed by atoms with E-state index in [9.17, 15) is 4.79 Å². The molecule has 0 aromatic carbocycles. The zero-order chi connectivity index (χ0) is 13.3. The number of anilines is 1. The summed E-state index contributed by atoms with van der Waals surface area (Å²) in [5.41, 5.74) is 1.68. The van der Waals surface area contributed by atoms with E-state index in [1.165, 1.54) is 0 Å². The summed E-state index contributed by atoms with van der Waals surface area (Å²) in [6.07, 6.45) is 2.26. The van der Waals surface area contributed by atoms with Crippen molar-refractivity contribution in [2.24, 2.45) is 0 Å². The minimum Gasteiger partial charge on any atom is -0.373 e. The van der Waals surface area contributed by atoms with Crippen molar-refractivity contribution in [3.05, 3.63) is 23.4 Å². The first kappa shape index (κ1) is 12.9. The first-order valence-electron chi connectivity index (χ1n) is 6.49. The van der Waals surface area contributed by atoms with Crippen LogP contribution in [0.2, 0.25) is 0 Å². The number of pyridine rings is 1. The zero-order valence-corrected chi connectivity index (χ0v) is 11.5. The van der Waals surface area contributed by atoms with Gasteiger partial charge in [0.25, 0.3) is 5.91 Å². The molecule has 1 fully saturated rings. The number of hydrogen-bond acceptors (Lipinski definition) is 3. The maximum absolute atomic E-state index is 12.3. The number of carbonyl (C=O) groups is 1. The van der Waals surface area contributed by atoms with Gasteiger partial charge in [-0.3, -0.25) is 4.79 Å². The van der Waals surface area contributed by atoms with Crippen LogP contribution in [0, 0.1) is 0 Å². The molecule has 1 heterocycles. The Morgan fingerprint density at radius 1 is 1.44 bits per heavy atom. The predicted octanol–water partition coefficient (Wildman–Crippen LogP) is 2.48. The third kappa shape index (κ3) is 2.63. The minimum absolute atomic E-state index is 0.0956. The summed E-state index contributed by atoms with van der Waals surface area (Å²) < 4.78 is 0.